The summed E-state index contributed by atoms with van der Waals surface area (Å²) in [5, 5.41) is 5.55. The van der Waals surface area contributed by atoms with Gasteiger partial charge in [0, 0.05) is 51.7 Å². The monoisotopic (exact) mass is 406 g/mol. The highest BCUT2D eigenvalue weighted by Gasteiger charge is 2.31. The molecule has 1 saturated heterocycles. The zero-order valence-corrected chi connectivity index (χ0v) is 18.2. The van der Waals surface area contributed by atoms with Crippen molar-refractivity contribution in [2.75, 3.05) is 36.5 Å². The highest BCUT2D eigenvalue weighted by molar-refractivity contribution is 5.89. The number of methoxy groups -OCH3 is 1. The molecule has 158 valence electrons. The lowest BCUT2D eigenvalue weighted by atomic mass is 9.90. The SMILES string of the molecule is CO[C@@H]1CN(c2ccc3c(c2)[C@@H](C)CN(c2cc(C)nc4c2cnn4C)C3)C[C@H]1N. The second-order valence-electron chi connectivity index (χ2n) is 8.80. The smallest absolute Gasteiger partial charge is 0.159 e. The molecule has 7 nitrogen and oxygen atoms in total. The van der Waals surface area contributed by atoms with Gasteiger partial charge in [-0.1, -0.05) is 13.0 Å². The first kappa shape index (κ1) is 19.3. The van der Waals surface area contributed by atoms with Crippen molar-refractivity contribution in [2.45, 2.75) is 38.5 Å². The molecule has 4 heterocycles. The summed E-state index contributed by atoms with van der Waals surface area (Å²) in [6.07, 6.45) is 2.04. The molecule has 3 atom stereocenters. The Morgan fingerprint density at radius 1 is 1.13 bits per heavy atom. The highest BCUT2D eigenvalue weighted by Crippen LogP contribution is 2.37. The number of rotatable bonds is 3. The first-order valence-electron chi connectivity index (χ1n) is 10.6. The number of ether oxygens (including phenoxy) is 1. The third-order valence-corrected chi connectivity index (χ3v) is 6.64. The maximum absolute atomic E-state index is 6.24. The molecule has 2 aliphatic heterocycles. The van der Waals surface area contributed by atoms with Crippen LogP contribution in [-0.2, 0) is 18.3 Å². The molecule has 2 aliphatic rings. The van der Waals surface area contributed by atoms with Gasteiger partial charge in [-0.15, -0.1) is 0 Å². The Balaban J connectivity index is 1.46. The van der Waals surface area contributed by atoms with Gasteiger partial charge in [0.2, 0.25) is 0 Å². The van der Waals surface area contributed by atoms with Crippen molar-refractivity contribution >= 4 is 22.4 Å². The van der Waals surface area contributed by atoms with Crippen LogP contribution in [0.5, 0.6) is 0 Å². The summed E-state index contributed by atoms with van der Waals surface area (Å²) in [4.78, 5) is 9.50. The van der Waals surface area contributed by atoms with Crippen LogP contribution in [0.15, 0.2) is 30.5 Å². The quantitative estimate of drug-likeness (QED) is 0.721. The lowest BCUT2D eigenvalue weighted by Gasteiger charge is -2.36. The molecule has 1 fully saturated rings. The van der Waals surface area contributed by atoms with E-state index in [0.29, 0.717) is 5.92 Å². The van der Waals surface area contributed by atoms with Crippen LogP contribution in [0.1, 0.15) is 29.7 Å². The van der Waals surface area contributed by atoms with Crippen LogP contribution in [0.4, 0.5) is 11.4 Å². The second-order valence-corrected chi connectivity index (χ2v) is 8.80. The maximum Gasteiger partial charge on any atom is 0.159 e. The summed E-state index contributed by atoms with van der Waals surface area (Å²) in [7, 11) is 3.70. The summed E-state index contributed by atoms with van der Waals surface area (Å²) in [5.41, 5.74) is 13.5. The van der Waals surface area contributed by atoms with E-state index in [2.05, 4.69) is 58.0 Å². The molecule has 0 spiro atoms. The molecule has 0 saturated carbocycles. The third-order valence-electron chi connectivity index (χ3n) is 6.64. The zero-order valence-electron chi connectivity index (χ0n) is 18.2. The molecule has 1 aromatic carbocycles. The van der Waals surface area contributed by atoms with E-state index < -0.39 is 0 Å². The predicted octanol–water partition coefficient (Wildman–Crippen LogP) is 2.56. The zero-order chi connectivity index (χ0) is 21.0. The summed E-state index contributed by atoms with van der Waals surface area (Å²) in [5.74, 6) is 0.434. The second kappa shape index (κ2) is 7.25. The molecule has 7 heteroatoms. The number of aryl methyl sites for hydroxylation is 2. The maximum atomic E-state index is 6.24. The minimum Gasteiger partial charge on any atom is -0.378 e. The van der Waals surface area contributed by atoms with E-state index in [4.69, 9.17) is 10.5 Å². The molecule has 0 aliphatic carbocycles. The lowest BCUT2D eigenvalue weighted by Crippen LogP contribution is -2.34. The molecule has 0 bridgehead atoms. The van der Waals surface area contributed by atoms with E-state index in [1.54, 1.807) is 7.11 Å². The Labute approximate surface area is 177 Å². The average Bonchev–Trinajstić information content (AvgIpc) is 3.29. The first-order chi connectivity index (χ1) is 14.4. The molecular formula is C23H30N6O. The van der Waals surface area contributed by atoms with Crippen LogP contribution in [0.2, 0.25) is 0 Å². The van der Waals surface area contributed by atoms with E-state index in [-0.39, 0.29) is 12.1 Å². The number of pyridine rings is 1. The number of benzene rings is 1. The van der Waals surface area contributed by atoms with E-state index in [0.717, 1.165) is 42.9 Å². The van der Waals surface area contributed by atoms with Gasteiger partial charge in [0.1, 0.15) is 0 Å². The summed E-state index contributed by atoms with van der Waals surface area (Å²) >= 11 is 0. The largest absolute Gasteiger partial charge is 0.378 e. The van der Waals surface area contributed by atoms with Gasteiger partial charge in [0.25, 0.3) is 0 Å². The number of nitrogens with zero attached hydrogens (tertiary/aromatic N) is 5. The van der Waals surface area contributed by atoms with Gasteiger partial charge >= 0.3 is 0 Å². The summed E-state index contributed by atoms with van der Waals surface area (Å²) < 4.78 is 7.39. The molecule has 5 rings (SSSR count). The minimum absolute atomic E-state index is 0.0655. The molecule has 0 unspecified atom stereocenters. The normalized spacial score (nSPS) is 24.0. The number of aromatic nitrogens is 3. The number of hydrogen-bond acceptors (Lipinski definition) is 6. The van der Waals surface area contributed by atoms with E-state index >= 15 is 0 Å². The number of nitrogens with two attached hydrogens (primary N) is 1. The fraction of sp³-hybridized carbons (Fsp3) is 0.478. The lowest BCUT2D eigenvalue weighted by molar-refractivity contribution is 0.108. The van der Waals surface area contributed by atoms with Gasteiger partial charge in [0.15, 0.2) is 5.65 Å². The molecule has 0 radical (unpaired) electrons. The Kier molecular flexibility index (Phi) is 4.67. The van der Waals surface area contributed by atoms with Crippen LogP contribution in [-0.4, -0.2) is 53.7 Å². The molecule has 30 heavy (non-hydrogen) atoms. The molecular weight excluding hydrogens is 376 g/mol. The first-order valence-corrected chi connectivity index (χ1v) is 10.6. The molecule has 3 aromatic rings. The van der Waals surface area contributed by atoms with Gasteiger partial charge < -0.3 is 20.3 Å². The van der Waals surface area contributed by atoms with Gasteiger partial charge in [-0.3, -0.25) is 4.68 Å². The number of hydrogen-bond donors (Lipinski definition) is 1. The number of anilines is 2. The van der Waals surface area contributed by atoms with E-state index in [1.807, 2.05) is 17.9 Å². The fourth-order valence-electron chi connectivity index (χ4n) is 5.00. The van der Waals surface area contributed by atoms with Crippen molar-refractivity contribution < 1.29 is 4.74 Å². The summed E-state index contributed by atoms with van der Waals surface area (Å²) in [6.45, 7) is 7.94. The van der Waals surface area contributed by atoms with Crippen molar-refractivity contribution in [1.29, 1.82) is 0 Å². The topological polar surface area (TPSA) is 72.4 Å². The Hall–Kier alpha value is -2.64. The van der Waals surface area contributed by atoms with Crippen LogP contribution in [0.3, 0.4) is 0 Å². The van der Waals surface area contributed by atoms with Crippen LogP contribution < -0.4 is 15.5 Å². The predicted molar refractivity (Wildman–Crippen MR) is 120 cm³/mol. The van der Waals surface area contributed by atoms with Gasteiger partial charge in [-0.25, -0.2) is 4.98 Å². The van der Waals surface area contributed by atoms with Crippen LogP contribution >= 0.6 is 0 Å². The Bertz CT molecular complexity index is 1090. The van der Waals surface area contributed by atoms with Gasteiger partial charge in [-0.05, 0) is 42.2 Å². The summed E-state index contributed by atoms with van der Waals surface area (Å²) in [6, 6.07) is 9.13. The van der Waals surface area contributed by atoms with Crippen molar-refractivity contribution in [3.63, 3.8) is 0 Å². The van der Waals surface area contributed by atoms with E-state index in [9.17, 15) is 0 Å². The highest BCUT2D eigenvalue weighted by atomic mass is 16.5. The van der Waals surface area contributed by atoms with Crippen molar-refractivity contribution in [1.82, 2.24) is 14.8 Å². The van der Waals surface area contributed by atoms with Crippen molar-refractivity contribution in [3.8, 4) is 0 Å². The number of fused-ring (bicyclic) bond motifs is 2. The molecule has 2 aromatic heterocycles. The van der Waals surface area contributed by atoms with Crippen molar-refractivity contribution in [3.05, 3.63) is 47.3 Å². The van der Waals surface area contributed by atoms with Crippen molar-refractivity contribution in [2.24, 2.45) is 12.8 Å². The van der Waals surface area contributed by atoms with Gasteiger partial charge in [-0.2, -0.15) is 5.10 Å². The Morgan fingerprint density at radius 2 is 1.97 bits per heavy atom. The van der Waals surface area contributed by atoms with Crippen LogP contribution in [0.25, 0.3) is 11.0 Å². The third kappa shape index (κ3) is 3.13. The van der Waals surface area contributed by atoms with Crippen LogP contribution in [0, 0.1) is 6.92 Å². The fourth-order valence-corrected chi connectivity index (χ4v) is 5.00. The minimum atomic E-state index is 0.0655. The van der Waals surface area contributed by atoms with Gasteiger partial charge in [0.05, 0.1) is 29.4 Å². The molecule has 2 N–H and O–H groups in total. The average molecular weight is 407 g/mol. The Morgan fingerprint density at radius 3 is 2.73 bits per heavy atom. The molecule has 0 amide bonds. The van der Waals surface area contributed by atoms with E-state index in [1.165, 1.54) is 22.5 Å². The standard InChI is InChI=1S/C23H30N6O/c1-14-10-29(21-7-15(2)26-23-19(21)9-25-27(23)3)11-16-5-6-17(8-18(14)16)28-12-20(24)22(13-28)30-4/h5-9,14,20,22H,10-13,24H2,1-4H3/t14-,20+,22+/m0/s1.